The average Bonchev–Trinajstić information content (AvgIpc) is 2.22. The summed E-state index contributed by atoms with van der Waals surface area (Å²) in [5.41, 5.74) is 5.98. The molecule has 0 radical (unpaired) electrons. The summed E-state index contributed by atoms with van der Waals surface area (Å²) in [5, 5.41) is 8.70. The lowest BCUT2D eigenvalue weighted by Crippen LogP contribution is -2.38. The molecule has 0 bridgehead atoms. The van der Waals surface area contributed by atoms with Gasteiger partial charge in [0.15, 0.2) is 6.67 Å². The second kappa shape index (κ2) is 5.65. The van der Waals surface area contributed by atoms with Crippen molar-refractivity contribution in [3.8, 4) is 5.75 Å². The van der Waals surface area contributed by atoms with Crippen molar-refractivity contribution < 1.29 is 31.4 Å². The van der Waals surface area contributed by atoms with Gasteiger partial charge in [-0.3, -0.25) is 0 Å². The Morgan fingerprint density at radius 1 is 1.00 bits per heavy atom. The number of nitrogens with two attached hydrogens (primary N) is 1. The maximum atomic E-state index is 11.2. The van der Waals surface area contributed by atoms with Gasteiger partial charge in [-0.25, -0.2) is 4.39 Å². The first-order chi connectivity index (χ1) is 7.60. The van der Waals surface area contributed by atoms with E-state index in [9.17, 15) is 26.3 Å². The molecule has 17 heavy (non-hydrogen) atoms. The first kappa shape index (κ1) is 15.4. The van der Waals surface area contributed by atoms with Crippen LogP contribution in [-0.4, -0.2) is 23.9 Å². The minimum Gasteiger partial charge on any atom is -0.508 e. The summed E-state index contributed by atoms with van der Waals surface area (Å²) in [6, 6.07) is 6.40. The van der Waals surface area contributed by atoms with Gasteiger partial charge in [-0.2, -0.15) is 22.0 Å². The molecule has 98 valence electrons. The van der Waals surface area contributed by atoms with Crippen LogP contribution in [-0.2, 0) is 0 Å². The third-order valence-corrected chi connectivity index (χ3v) is 1.48. The molecule has 3 N–H and O–H groups in total. The second-order valence-corrected chi connectivity index (χ2v) is 2.93. The molecule has 0 fully saturated rings. The minimum atomic E-state index is -5.76. The van der Waals surface area contributed by atoms with Gasteiger partial charge < -0.3 is 10.8 Å². The Labute approximate surface area is 92.7 Å². The predicted molar refractivity (Wildman–Crippen MR) is 49.5 cm³/mol. The van der Waals surface area contributed by atoms with E-state index in [2.05, 4.69) is 0 Å². The number of aromatic hydroxyl groups is 1. The number of nitrogen functional groups attached to an aromatic ring is 1. The van der Waals surface area contributed by atoms with Crippen LogP contribution in [0.3, 0.4) is 0 Å². The van der Waals surface area contributed by atoms with Crippen molar-refractivity contribution in [2.75, 3.05) is 12.4 Å². The number of alkyl halides is 6. The van der Waals surface area contributed by atoms with E-state index in [0.717, 1.165) is 0 Å². The molecule has 0 heterocycles. The quantitative estimate of drug-likeness (QED) is 0.463. The average molecular weight is 261 g/mol. The molecule has 0 aliphatic carbocycles. The fraction of sp³-hybridized carbons (Fsp3) is 0.333. The summed E-state index contributed by atoms with van der Waals surface area (Å²) in [6.45, 7) is -2.70. The molecule has 0 spiro atoms. The van der Waals surface area contributed by atoms with Crippen LogP contribution in [0, 0.1) is 0 Å². The fourth-order valence-corrected chi connectivity index (χ4v) is 0.550. The van der Waals surface area contributed by atoms with Gasteiger partial charge >= 0.3 is 12.1 Å². The van der Waals surface area contributed by atoms with Crippen LogP contribution in [0.5, 0.6) is 5.75 Å². The number of phenolic OH excluding ortho intramolecular Hbond substituents is 1. The predicted octanol–water partition coefficient (Wildman–Crippen LogP) is 3.13. The number of benzene rings is 1. The molecule has 0 amide bonds. The van der Waals surface area contributed by atoms with Crippen LogP contribution in [0.4, 0.5) is 32.0 Å². The summed E-state index contributed by atoms with van der Waals surface area (Å²) in [7, 11) is 0. The van der Waals surface area contributed by atoms with Gasteiger partial charge in [0.25, 0.3) is 0 Å². The van der Waals surface area contributed by atoms with Gasteiger partial charge in [-0.1, -0.05) is 0 Å². The first-order valence-electron chi connectivity index (χ1n) is 4.15. The van der Waals surface area contributed by atoms with E-state index in [1.165, 1.54) is 0 Å². The van der Waals surface area contributed by atoms with Crippen LogP contribution in [0.2, 0.25) is 0 Å². The number of hydrogen-bond acceptors (Lipinski definition) is 2. The van der Waals surface area contributed by atoms with E-state index >= 15 is 0 Å². The molecule has 2 nitrogen and oxygen atoms in total. The van der Waals surface area contributed by atoms with Gasteiger partial charge in [0.1, 0.15) is 5.75 Å². The lowest BCUT2D eigenvalue weighted by atomic mass is 10.3. The number of halogens is 6. The molecule has 0 aliphatic rings. The Morgan fingerprint density at radius 2 is 1.41 bits per heavy atom. The topological polar surface area (TPSA) is 46.2 Å². The third-order valence-electron chi connectivity index (χ3n) is 1.48. The van der Waals surface area contributed by atoms with Gasteiger partial charge in [-0.05, 0) is 24.3 Å². The second-order valence-electron chi connectivity index (χ2n) is 2.93. The molecular formula is C9H9F6NO. The van der Waals surface area contributed by atoms with Crippen LogP contribution in [0.25, 0.3) is 0 Å². The highest BCUT2D eigenvalue weighted by atomic mass is 19.4. The number of rotatable bonds is 1. The molecule has 0 unspecified atom stereocenters. The highest BCUT2D eigenvalue weighted by Gasteiger charge is 2.57. The van der Waals surface area contributed by atoms with E-state index in [-0.39, 0.29) is 5.75 Å². The normalized spacial score (nSPS) is 11.6. The highest BCUT2D eigenvalue weighted by molar-refractivity contribution is 5.40. The van der Waals surface area contributed by atoms with Crippen molar-refractivity contribution in [2.24, 2.45) is 0 Å². The lowest BCUT2D eigenvalue weighted by molar-refractivity contribution is -0.286. The number of phenols is 1. The molecule has 0 atom stereocenters. The van der Waals surface area contributed by atoms with Crippen LogP contribution in [0.15, 0.2) is 24.3 Å². The third kappa shape index (κ3) is 5.32. The highest BCUT2D eigenvalue weighted by Crippen LogP contribution is 2.35. The number of anilines is 1. The Morgan fingerprint density at radius 3 is 1.59 bits per heavy atom. The van der Waals surface area contributed by atoms with Crippen molar-refractivity contribution in [3.63, 3.8) is 0 Å². The maximum Gasteiger partial charge on any atom is 0.456 e. The van der Waals surface area contributed by atoms with E-state index in [1.54, 1.807) is 24.3 Å². The molecule has 0 aromatic heterocycles. The monoisotopic (exact) mass is 261 g/mol. The smallest absolute Gasteiger partial charge is 0.456 e. The molecule has 1 aromatic carbocycles. The molecule has 1 aromatic rings. The van der Waals surface area contributed by atoms with Crippen molar-refractivity contribution in [3.05, 3.63) is 24.3 Å². The Kier molecular flexibility index (Phi) is 5.11. The summed E-state index contributed by atoms with van der Waals surface area (Å²) in [5.74, 6) is -4.94. The molecule has 1 rings (SSSR count). The van der Waals surface area contributed by atoms with E-state index in [0.29, 0.717) is 5.69 Å². The van der Waals surface area contributed by atoms with E-state index in [1.807, 2.05) is 0 Å². The summed E-state index contributed by atoms with van der Waals surface area (Å²) >= 11 is 0. The summed E-state index contributed by atoms with van der Waals surface area (Å²) < 4.78 is 65.6. The molecule has 0 aliphatic heterocycles. The SMILES string of the molecule is FCC(F)(F)C(F)(F)F.Nc1ccc(O)cc1. The van der Waals surface area contributed by atoms with E-state index < -0.39 is 18.8 Å². The van der Waals surface area contributed by atoms with Gasteiger partial charge in [0.2, 0.25) is 0 Å². The minimum absolute atomic E-state index is 0.249. The zero-order valence-electron chi connectivity index (χ0n) is 8.31. The van der Waals surface area contributed by atoms with Crippen molar-refractivity contribution >= 4 is 5.69 Å². The molecule has 0 saturated carbocycles. The fourth-order valence-electron chi connectivity index (χ4n) is 0.550. The largest absolute Gasteiger partial charge is 0.508 e. The van der Waals surface area contributed by atoms with Crippen LogP contribution < -0.4 is 5.73 Å². The summed E-state index contributed by atoms with van der Waals surface area (Å²) in [6.07, 6.45) is -5.76. The standard InChI is InChI=1S/C6H7NO.C3H2F6/c7-5-1-3-6(8)4-2-5;4-1-2(5,6)3(7,8)9/h1-4,8H,7H2;1H2. The zero-order chi connectivity index (χ0) is 13.7. The Hall–Kier alpha value is -1.60. The van der Waals surface area contributed by atoms with Gasteiger partial charge in [-0.15, -0.1) is 0 Å². The van der Waals surface area contributed by atoms with Crippen LogP contribution >= 0.6 is 0 Å². The van der Waals surface area contributed by atoms with Crippen LogP contribution in [0.1, 0.15) is 0 Å². The van der Waals surface area contributed by atoms with Gasteiger partial charge in [0.05, 0.1) is 0 Å². The molecule has 8 heteroatoms. The number of hydrogen-bond donors (Lipinski definition) is 2. The molecule has 0 saturated heterocycles. The Balaban J connectivity index is 0.000000302. The van der Waals surface area contributed by atoms with Gasteiger partial charge in [0, 0.05) is 5.69 Å². The van der Waals surface area contributed by atoms with E-state index in [4.69, 9.17) is 10.8 Å². The summed E-state index contributed by atoms with van der Waals surface area (Å²) in [4.78, 5) is 0. The zero-order valence-corrected chi connectivity index (χ0v) is 8.31. The lowest BCUT2D eigenvalue weighted by Gasteiger charge is -2.14. The maximum absolute atomic E-state index is 11.2. The van der Waals surface area contributed by atoms with Crippen molar-refractivity contribution in [1.29, 1.82) is 0 Å². The Bertz CT molecular complexity index is 313. The van der Waals surface area contributed by atoms with Crippen molar-refractivity contribution in [1.82, 2.24) is 0 Å². The molecular weight excluding hydrogens is 252 g/mol. The first-order valence-corrected chi connectivity index (χ1v) is 4.15. The van der Waals surface area contributed by atoms with Crippen molar-refractivity contribution in [2.45, 2.75) is 12.1 Å².